The number of nitrogens with one attached hydrogen (secondary N) is 1. The smallest absolute Gasteiger partial charge is 0.0627 e. The molecule has 2 unspecified atom stereocenters. The molecule has 3 saturated heterocycles. The van der Waals surface area contributed by atoms with Crippen LogP contribution in [0.4, 0.5) is 0 Å². The molecule has 2 atom stereocenters. The molecule has 3 aliphatic rings. The van der Waals surface area contributed by atoms with Crippen LogP contribution in [0.25, 0.3) is 0 Å². The molecule has 0 spiro atoms. The summed E-state index contributed by atoms with van der Waals surface area (Å²) >= 11 is 0. The van der Waals surface area contributed by atoms with Crippen LogP contribution in [0.1, 0.15) is 24.1 Å². The third-order valence-electron chi connectivity index (χ3n) is 4.60. The molecule has 0 radical (unpaired) electrons. The number of hydrogen-bond donors (Lipinski definition) is 2. The fraction of sp³-hybridized carbons (Fsp3) is 0.600. The Morgan fingerprint density at radius 3 is 2.68 bits per heavy atom. The van der Waals surface area contributed by atoms with Gasteiger partial charge in [0.2, 0.25) is 0 Å². The Kier molecular flexibility index (Phi) is 3.84. The van der Waals surface area contributed by atoms with Crippen LogP contribution < -0.4 is 11.3 Å². The van der Waals surface area contributed by atoms with Crippen LogP contribution >= 0.6 is 0 Å². The van der Waals surface area contributed by atoms with Crippen LogP contribution in [0.3, 0.4) is 0 Å². The van der Waals surface area contributed by atoms with Gasteiger partial charge in [-0.2, -0.15) is 0 Å². The predicted molar refractivity (Wildman–Crippen MR) is 77.7 cm³/mol. The summed E-state index contributed by atoms with van der Waals surface area (Å²) in [6.07, 6.45) is 1.08. The van der Waals surface area contributed by atoms with Gasteiger partial charge in [-0.05, 0) is 17.5 Å². The molecule has 0 amide bonds. The summed E-state index contributed by atoms with van der Waals surface area (Å²) in [6, 6.07) is 9.56. The third kappa shape index (κ3) is 2.54. The number of nitrogens with zero attached hydrogens (tertiary/aromatic N) is 2. The van der Waals surface area contributed by atoms with E-state index in [1.165, 1.54) is 37.3 Å². The average Bonchev–Trinajstić information content (AvgIpc) is 2.49. The van der Waals surface area contributed by atoms with E-state index in [0.717, 1.165) is 13.0 Å². The van der Waals surface area contributed by atoms with Crippen molar-refractivity contribution in [1.29, 1.82) is 0 Å². The maximum absolute atomic E-state index is 5.86. The summed E-state index contributed by atoms with van der Waals surface area (Å²) in [5.41, 5.74) is 5.76. The van der Waals surface area contributed by atoms with Gasteiger partial charge in [0.05, 0.1) is 6.04 Å². The lowest BCUT2D eigenvalue weighted by Crippen LogP contribution is -2.64. The van der Waals surface area contributed by atoms with Gasteiger partial charge in [0, 0.05) is 38.8 Å². The molecule has 0 saturated carbocycles. The highest BCUT2D eigenvalue weighted by molar-refractivity contribution is 5.27. The SMILES string of the molecule is CCc1cccc(C(NN)C2CN3CCN2CC3)c1. The van der Waals surface area contributed by atoms with Gasteiger partial charge in [-0.15, -0.1) is 0 Å². The number of fused-ring (bicyclic) bond motifs is 3. The Morgan fingerprint density at radius 1 is 1.32 bits per heavy atom. The summed E-state index contributed by atoms with van der Waals surface area (Å²) in [5, 5.41) is 0. The molecule has 3 heterocycles. The molecule has 3 aliphatic heterocycles. The van der Waals surface area contributed by atoms with Crippen LogP contribution in [0, 0.1) is 0 Å². The van der Waals surface area contributed by atoms with Gasteiger partial charge < -0.3 is 0 Å². The molecule has 3 fully saturated rings. The van der Waals surface area contributed by atoms with E-state index in [2.05, 4.69) is 46.4 Å². The minimum Gasteiger partial charge on any atom is -0.299 e. The van der Waals surface area contributed by atoms with Crippen molar-refractivity contribution >= 4 is 0 Å². The molecular weight excluding hydrogens is 236 g/mol. The third-order valence-corrected chi connectivity index (χ3v) is 4.60. The molecular formula is C15H24N4. The van der Waals surface area contributed by atoms with E-state index in [1.54, 1.807) is 0 Å². The molecule has 19 heavy (non-hydrogen) atoms. The first-order valence-corrected chi connectivity index (χ1v) is 7.33. The van der Waals surface area contributed by atoms with Gasteiger partial charge in [-0.3, -0.25) is 21.1 Å². The Bertz CT molecular complexity index is 426. The first-order valence-electron chi connectivity index (χ1n) is 7.33. The van der Waals surface area contributed by atoms with E-state index in [1.807, 2.05) is 0 Å². The van der Waals surface area contributed by atoms with Crippen molar-refractivity contribution in [2.75, 3.05) is 32.7 Å². The second-order valence-corrected chi connectivity index (χ2v) is 5.65. The molecule has 104 valence electrons. The highest BCUT2D eigenvalue weighted by Crippen LogP contribution is 2.27. The Morgan fingerprint density at radius 2 is 2.11 bits per heavy atom. The monoisotopic (exact) mass is 260 g/mol. The molecule has 1 aromatic carbocycles. The quantitative estimate of drug-likeness (QED) is 0.619. The second kappa shape index (κ2) is 5.59. The van der Waals surface area contributed by atoms with Gasteiger partial charge in [-0.1, -0.05) is 31.2 Å². The Labute approximate surface area is 115 Å². The average molecular weight is 260 g/mol. The summed E-state index contributed by atoms with van der Waals surface area (Å²) in [4.78, 5) is 5.14. The highest BCUT2D eigenvalue weighted by Gasteiger charge is 2.36. The number of nitrogens with two attached hydrogens (primary N) is 1. The fourth-order valence-corrected chi connectivity index (χ4v) is 3.41. The minimum absolute atomic E-state index is 0.231. The zero-order valence-corrected chi connectivity index (χ0v) is 11.7. The first-order chi connectivity index (χ1) is 9.31. The van der Waals surface area contributed by atoms with Crippen molar-refractivity contribution < 1.29 is 0 Å². The first kappa shape index (κ1) is 13.1. The van der Waals surface area contributed by atoms with Gasteiger partial charge in [0.15, 0.2) is 0 Å². The van der Waals surface area contributed by atoms with Crippen molar-refractivity contribution in [1.82, 2.24) is 15.2 Å². The van der Waals surface area contributed by atoms with Crippen LogP contribution in [0.2, 0.25) is 0 Å². The lowest BCUT2D eigenvalue weighted by Gasteiger charge is -2.50. The van der Waals surface area contributed by atoms with E-state index in [0.29, 0.717) is 6.04 Å². The minimum atomic E-state index is 0.231. The maximum Gasteiger partial charge on any atom is 0.0627 e. The molecule has 2 bridgehead atoms. The molecule has 3 N–H and O–H groups in total. The van der Waals surface area contributed by atoms with E-state index >= 15 is 0 Å². The zero-order chi connectivity index (χ0) is 13.2. The number of benzene rings is 1. The number of hydrogen-bond acceptors (Lipinski definition) is 4. The van der Waals surface area contributed by atoms with E-state index in [-0.39, 0.29) is 6.04 Å². The van der Waals surface area contributed by atoms with Crippen molar-refractivity contribution in [3.63, 3.8) is 0 Å². The van der Waals surface area contributed by atoms with Gasteiger partial charge in [0.1, 0.15) is 0 Å². The number of aryl methyl sites for hydroxylation is 1. The van der Waals surface area contributed by atoms with E-state index < -0.39 is 0 Å². The molecule has 1 aromatic rings. The molecule has 4 rings (SSSR count). The largest absolute Gasteiger partial charge is 0.299 e. The van der Waals surface area contributed by atoms with Crippen molar-refractivity contribution in [3.8, 4) is 0 Å². The predicted octanol–water partition coefficient (Wildman–Crippen LogP) is 0.753. The number of hydrazine groups is 1. The van der Waals surface area contributed by atoms with E-state index in [4.69, 9.17) is 5.84 Å². The van der Waals surface area contributed by atoms with Crippen LogP contribution in [0.15, 0.2) is 24.3 Å². The number of rotatable bonds is 4. The lowest BCUT2D eigenvalue weighted by molar-refractivity contribution is -0.00370. The van der Waals surface area contributed by atoms with Gasteiger partial charge in [-0.25, -0.2) is 0 Å². The summed E-state index contributed by atoms with van der Waals surface area (Å²) in [5.74, 6) is 5.86. The molecule has 0 aliphatic carbocycles. The molecule has 4 heteroatoms. The normalized spacial score (nSPS) is 31.4. The topological polar surface area (TPSA) is 44.5 Å². The molecule has 0 aromatic heterocycles. The maximum atomic E-state index is 5.86. The van der Waals surface area contributed by atoms with Gasteiger partial charge >= 0.3 is 0 Å². The Balaban J connectivity index is 1.83. The van der Waals surface area contributed by atoms with Crippen LogP contribution in [0.5, 0.6) is 0 Å². The van der Waals surface area contributed by atoms with Crippen LogP contribution in [-0.2, 0) is 6.42 Å². The summed E-state index contributed by atoms with van der Waals surface area (Å²) < 4.78 is 0. The fourth-order valence-electron chi connectivity index (χ4n) is 3.41. The Hall–Kier alpha value is -0.940. The van der Waals surface area contributed by atoms with E-state index in [9.17, 15) is 0 Å². The number of piperazine rings is 3. The summed E-state index contributed by atoms with van der Waals surface area (Å²) in [7, 11) is 0. The molecule has 4 nitrogen and oxygen atoms in total. The summed E-state index contributed by atoms with van der Waals surface area (Å²) in [6.45, 7) is 8.10. The van der Waals surface area contributed by atoms with Crippen molar-refractivity contribution in [2.24, 2.45) is 5.84 Å². The zero-order valence-electron chi connectivity index (χ0n) is 11.7. The highest BCUT2D eigenvalue weighted by atomic mass is 15.4. The van der Waals surface area contributed by atoms with Crippen LogP contribution in [-0.4, -0.2) is 48.6 Å². The second-order valence-electron chi connectivity index (χ2n) is 5.65. The van der Waals surface area contributed by atoms with Crippen molar-refractivity contribution in [3.05, 3.63) is 35.4 Å². The van der Waals surface area contributed by atoms with Gasteiger partial charge in [0.25, 0.3) is 0 Å². The van der Waals surface area contributed by atoms with Crippen molar-refractivity contribution in [2.45, 2.75) is 25.4 Å². The lowest BCUT2D eigenvalue weighted by atomic mass is 9.93. The standard InChI is InChI=1S/C15H24N4/c1-2-12-4-3-5-13(10-12)15(17-16)14-11-18-6-8-19(14)9-7-18/h3-5,10,14-15,17H,2,6-9,11,16H2,1H3.